The largest absolute Gasteiger partial charge is 0.493 e. The van der Waals surface area contributed by atoms with Gasteiger partial charge in [-0.1, -0.05) is 6.58 Å². The minimum Gasteiger partial charge on any atom is -0.493 e. The number of ketones is 1. The van der Waals surface area contributed by atoms with Crippen molar-refractivity contribution in [3.05, 3.63) is 35.9 Å². The Morgan fingerprint density at radius 3 is 2.35 bits per heavy atom. The Morgan fingerprint density at radius 1 is 1.12 bits per heavy atom. The number of carbonyl (C=O) groups excluding carboxylic acids is 2. The normalized spacial score (nSPS) is 15.3. The minimum absolute atomic E-state index is 0.0667. The van der Waals surface area contributed by atoms with Crippen molar-refractivity contribution in [1.82, 2.24) is 4.90 Å². The molecule has 6 nitrogen and oxygen atoms in total. The summed E-state index contributed by atoms with van der Waals surface area (Å²) in [4.78, 5) is 26.1. The number of carbonyl (C=O) groups is 2. The standard InChI is InChI=1S/C20H27NO5/c1-14(11-15-7-9-21(10-8-15)13-19(22)26-4)20(23)16-5-6-17(24-2)18(12-16)25-3/h5-6,12,15H,1,7-11,13H2,2-4H3. The van der Waals surface area contributed by atoms with Gasteiger partial charge in [0.05, 0.1) is 27.9 Å². The van der Waals surface area contributed by atoms with Crippen molar-refractivity contribution < 1.29 is 23.8 Å². The second kappa shape index (κ2) is 9.38. The van der Waals surface area contributed by atoms with E-state index in [1.807, 2.05) is 0 Å². The number of nitrogens with zero attached hydrogens (tertiary/aromatic N) is 1. The van der Waals surface area contributed by atoms with Gasteiger partial charge in [-0.05, 0) is 62.0 Å². The molecule has 0 unspecified atom stereocenters. The monoisotopic (exact) mass is 361 g/mol. The predicted molar refractivity (Wildman–Crippen MR) is 98.8 cm³/mol. The van der Waals surface area contributed by atoms with E-state index in [4.69, 9.17) is 14.2 Å². The molecule has 2 rings (SSSR count). The van der Waals surface area contributed by atoms with Crippen LogP contribution in [0.5, 0.6) is 11.5 Å². The maximum Gasteiger partial charge on any atom is 0.319 e. The first-order chi connectivity index (χ1) is 12.5. The summed E-state index contributed by atoms with van der Waals surface area (Å²) in [5.41, 5.74) is 1.15. The number of allylic oxidation sites excluding steroid dienone is 1. The fourth-order valence-corrected chi connectivity index (χ4v) is 3.22. The van der Waals surface area contributed by atoms with E-state index < -0.39 is 0 Å². The summed E-state index contributed by atoms with van der Waals surface area (Å²) in [6, 6.07) is 5.14. The number of Topliss-reactive ketones (excluding diaryl/α,β-unsaturated/α-hetero) is 1. The maximum atomic E-state index is 12.7. The van der Waals surface area contributed by atoms with Gasteiger partial charge in [0.2, 0.25) is 0 Å². The average molecular weight is 361 g/mol. The first-order valence-corrected chi connectivity index (χ1v) is 8.72. The molecule has 1 aromatic rings. The molecule has 0 N–H and O–H groups in total. The number of benzene rings is 1. The van der Waals surface area contributed by atoms with Crippen LogP contribution < -0.4 is 9.47 Å². The first-order valence-electron chi connectivity index (χ1n) is 8.72. The van der Waals surface area contributed by atoms with Crippen LogP contribution in [0.25, 0.3) is 0 Å². The molecule has 1 aliphatic heterocycles. The number of likely N-dealkylation sites (tertiary alicyclic amines) is 1. The second-order valence-electron chi connectivity index (χ2n) is 6.50. The van der Waals surface area contributed by atoms with Gasteiger partial charge in [0, 0.05) is 5.56 Å². The summed E-state index contributed by atoms with van der Waals surface area (Å²) in [6.07, 6.45) is 2.55. The van der Waals surface area contributed by atoms with Gasteiger partial charge in [0.25, 0.3) is 0 Å². The molecule has 1 heterocycles. The van der Waals surface area contributed by atoms with Crippen LogP contribution in [-0.4, -0.2) is 57.6 Å². The van der Waals surface area contributed by atoms with Crippen molar-refractivity contribution in [2.45, 2.75) is 19.3 Å². The smallest absolute Gasteiger partial charge is 0.319 e. The highest BCUT2D eigenvalue weighted by molar-refractivity contribution is 6.08. The summed E-state index contributed by atoms with van der Waals surface area (Å²) in [7, 11) is 4.51. The van der Waals surface area contributed by atoms with Crippen LogP contribution in [-0.2, 0) is 9.53 Å². The molecule has 0 spiro atoms. The number of ether oxygens (including phenoxy) is 3. The minimum atomic E-state index is -0.212. The summed E-state index contributed by atoms with van der Waals surface area (Å²) < 4.78 is 15.2. The van der Waals surface area contributed by atoms with Crippen LogP contribution in [0.1, 0.15) is 29.6 Å². The molecule has 1 saturated heterocycles. The summed E-state index contributed by atoms with van der Waals surface area (Å²) in [6.45, 7) is 5.98. The molecule has 1 aliphatic rings. The van der Waals surface area contributed by atoms with Gasteiger partial charge in [0.15, 0.2) is 17.3 Å². The number of rotatable bonds is 8. The molecular weight excluding hydrogens is 334 g/mol. The zero-order valence-corrected chi connectivity index (χ0v) is 15.7. The van der Waals surface area contributed by atoms with Gasteiger partial charge in [0.1, 0.15) is 0 Å². The molecular formula is C20H27NO5. The number of methoxy groups -OCH3 is 3. The van der Waals surface area contributed by atoms with Crippen molar-refractivity contribution in [3.63, 3.8) is 0 Å². The fraction of sp³-hybridized carbons (Fsp3) is 0.500. The lowest BCUT2D eigenvalue weighted by molar-refractivity contribution is -0.142. The molecule has 0 saturated carbocycles. The molecule has 6 heteroatoms. The summed E-state index contributed by atoms with van der Waals surface area (Å²) >= 11 is 0. The zero-order chi connectivity index (χ0) is 19.1. The highest BCUT2D eigenvalue weighted by atomic mass is 16.5. The third-order valence-electron chi connectivity index (χ3n) is 4.79. The summed E-state index contributed by atoms with van der Waals surface area (Å²) in [5.74, 6) is 1.25. The van der Waals surface area contributed by atoms with E-state index in [2.05, 4.69) is 11.5 Å². The molecule has 0 radical (unpaired) electrons. The molecule has 142 valence electrons. The van der Waals surface area contributed by atoms with E-state index in [0.29, 0.717) is 41.5 Å². The fourth-order valence-electron chi connectivity index (χ4n) is 3.22. The molecule has 1 aromatic carbocycles. The molecule has 0 bridgehead atoms. The van der Waals surface area contributed by atoms with Crippen molar-refractivity contribution >= 4 is 11.8 Å². The van der Waals surface area contributed by atoms with Crippen LogP contribution in [0.3, 0.4) is 0 Å². The molecule has 0 aromatic heterocycles. The lowest BCUT2D eigenvalue weighted by atomic mass is 9.88. The van der Waals surface area contributed by atoms with Gasteiger partial charge >= 0.3 is 5.97 Å². The molecule has 26 heavy (non-hydrogen) atoms. The Bertz CT molecular complexity index is 662. The zero-order valence-electron chi connectivity index (χ0n) is 15.7. The number of piperidine rings is 1. The molecule has 0 aliphatic carbocycles. The quantitative estimate of drug-likeness (QED) is 0.403. The van der Waals surface area contributed by atoms with E-state index in [9.17, 15) is 9.59 Å². The van der Waals surface area contributed by atoms with Crippen molar-refractivity contribution in [1.29, 1.82) is 0 Å². The maximum absolute atomic E-state index is 12.7. The first kappa shape index (κ1) is 20.0. The topological polar surface area (TPSA) is 65.1 Å². The number of hydrogen-bond acceptors (Lipinski definition) is 6. The van der Waals surface area contributed by atoms with E-state index in [-0.39, 0.29) is 11.8 Å². The van der Waals surface area contributed by atoms with E-state index in [0.717, 1.165) is 25.9 Å². The Kier molecular flexibility index (Phi) is 7.21. The molecule has 0 atom stereocenters. The summed E-state index contributed by atoms with van der Waals surface area (Å²) in [5, 5.41) is 0. The van der Waals surface area contributed by atoms with E-state index >= 15 is 0 Å². The third kappa shape index (κ3) is 5.08. The highest BCUT2D eigenvalue weighted by Gasteiger charge is 2.23. The SMILES string of the molecule is C=C(CC1CCN(CC(=O)OC)CC1)C(=O)c1ccc(OC)c(OC)c1. The van der Waals surface area contributed by atoms with Gasteiger partial charge in [-0.25, -0.2) is 0 Å². The van der Waals surface area contributed by atoms with Crippen molar-refractivity contribution in [3.8, 4) is 11.5 Å². The lowest BCUT2D eigenvalue weighted by Gasteiger charge is -2.31. The number of esters is 1. The average Bonchev–Trinajstić information content (AvgIpc) is 2.68. The second-order valence-corrected chi connectivity index (χ2v) is 6.50. The van der Waals surface area contributed by atoms with Crippen LogP contribution in [0.2, 0.25) is 0 Å². The van der Waals surface area contributed by atoms with Crippen LogP contribution in [0.4, 0.5) is 0 Å². The Balaban J connectivity index is 1.90. The number of hydrogen-bond donors (Lipinski definition) is 0. The third-order valence-corrected chi connectivity index (χ3v) is 4.79. The van der Waals surface area contributed by atoms with Crippen molar-refractivity contribution in [2.24, 2.45) is 5.92 Å². The van der Waals surface area contributed by atoms with Crippen LogP contribution in [0.15, 0.2) is 30.4 Å². The molecule has 0 amide bonds. The Morgan fingerprint density at radius 2 is 1.77 bits per heavy atom. The highest BCUT2D eigenvalue weighted by Crippen LogP contribution is 2.30. The van der Waals surface area contributed by atoms with E-state index in [1.54, 1.807) is 32.4 Å². The Hall–Kier alpha value is -2.34. The predicted octanol–water partition coefficient (Wildman–Crippen LogP) is 2.72. The van der Waals surface area contributed by atoms with Crippen LogP contribution in [0, 0.1) is 5.92 Å². The van der Waals surface area contributed by atoms with Gasteiger partial charge < -0.3 is 14.2 Å². The molecule has 1 fully saturated rings. The van der Waals surface area contributed by atoms with Crippen molar-refractivity contribution in [2.75, 3.05) is 41.0 Å². The van der Waals surface area contributed by atoms with E-state index in [1.165, 1.54) is 7.11 Å². The Labute approximate surface area is 154 Å². The lowest BCUT2D eigenvalue weighted by Crippen LogP contribution is -2.37. The van der Waals surface area contributed by atoms with Gasteiger partial charge in [-0.3, -0.25) is 14.5 Å². The van der Waals surface area contributed by atoms with Gasteiger partial charge in [-0.15, -0.1) is 0 Å². The van der Waals surface area contributed by atoms with Gasteiger partial charge in [-0.2, -0.15) is 0 Å². The van der Waals surface area contributed by atoms with Crippen LogP contribution >= 0.6 is 0 Å².